The molecule has 2 aromatic rings. The van der Waals surface area contributed by atoms with Crippen LogP contribution in [0.4, 0.5) is 8.78 Å². The fourth-order valence-corrected chi connectivity index (χ4v) is 2.45. The average Bonchev–Trinajstić information content (AvgIpc) is 3.09. The van der Waals surface area contributed by atoms with Gasteiger partial charge in [-0.05, 0) is 36.1 Å². The van der Waals surface area contributed by atoms with E-state index in [-0.39, 0.29) is 11.5 Å². The summed E-state index contributed by atoms with van der Waals surface area (Å²) in [6, 6.07) is 7.51. The number of benzene rings is 1. The first kappa shape index (κ1) is 11.6. The summed E-state index contributed by atoms with van der Waals surface area (Å²) in [6.45, 7) is 0. The van der Waals surface area contributed by atoms with Crippen LogP contribution in [0.15, 0.2) is 36.5 Å². The first-order chi connectivity index (χ1) is 8.68. The largest absolute Gasteiger partial charge is 0.244 e. The van der Waals surface area contributed by atoms with E-state index in [0.29, 0.717) is 11.6 Å². The standard InChI is InChI=1S/C14H9ClF2N/c15-14-8(3-2-6-18-14)9-7-10(9)13-11(16)4-1-5-12(13)17/h1-6,9H,7H2. The zero-order chi connectivity index (χ0) is 12.7. The Hall–Kier alpha value is -1.48. The third-order valence-corrected chi connectivity index (χ3v) is 3.45. The number of pyridine rings is 1. The van der Waals surface area contributed by atoms with Crippen LogP contribution in [0, 0.1) is 17.6 Å². The van der Waals surface area contributed by atoms with Crippen LogP contribution in [0.3, 0.4) is 0 Å². The summed E-state index contributed by atoms with van der Waals surface area (Å²) in [6.07, 6.45) is 2.22. The Kier molecular flexibility index (Phi) is 2.78. The molecule has 91 valence electrons. The Labute approximate surface area is 108 Å². The van der Waals surface area contributed by atoms with E-state index in [2.05, 4.69) is 4.98 Å². The maximum Gasteiger partial charge on any atom is 0.132 e. The summed E-state index contributed by atoms with van der Waals surface area (Å²) in [5.41, 5.74) is 0.916. The van der Waals surface area contributed by atoms with Gasteiger partial charge < -0.3 is 0 Å². The Morgan fingerprint density at radius 2 is 1.83 bits per heavy atom. The maximum absolute atomic E-state index is 13.6. The minimum Gasteiger partial charge on any atom is -0.244 e. The highest BCUT2D eigenvalue weighted by Crippen LogP contribution is 2.55. The molecule has 1 aromatic carbocycles. The second-order valence-corrected chi connectivity index (χ2v) is 4.62. The first-order valence-electron chi connectivity index (χ1n) is 5.59. The van der Waals surface area contributed by atoms with Crippen molar-refractivity contribution in [1.82, 2.24) is 4.98 Å². The molecule has 1 saturated carbocycles. The van der Waals surface area contributed by atoms with E-state index in [1.807, 2.05) is 6.07 Å². The van der Waals surface area contributed by atoms with Gasteiger partial charge in [0.2, 0.25) is 0 Å². The average molecular weight is 265 g/mol. The Morgan fingerprint density at radius 1 is 1.11 bits per heavy atom. The molecular formula is C14H9ClF2N. The molecule has 4 heteroatoms. The molecule has 0 N–H and O–H groups in total. The van der Waals surface area contributed by atoms with Crippen LogP contribution in [-0.4, -0.2) is 4.98 Å². The van der Waals surface area contributed by atoms with Gasteiger partial charge in [0.25, 0.3) is 0 Å². The third-order valence-electron chi connectivity index (χ3n) is 3.13. The SMILES string of the molecule is Fc1cccc(F)c1[C]1CC1c1cccnc1Cl. The molecule has 1 fully saturated rings. The third kappa shape index (κ3) is 1.89. The molecule has 0 saturated heterocycles. The van der Waals surface area contributed by atoms with E-state index in [4.69, 9.17) is 11.6 Å². The molecule has 1 aromatic heterocycles. The quantitative estimate of drug-likeness (QED) is 0.744. The molecule has 1 aliphatic rings. The number of aromatic nitrogens is 1. The Bertz CT molecular complexity index is 580. The summed E-state index contributed by atoms with van der Waals surface area (Å²) in [7, 11) is 0. The van der Waals surface area contributed by atoms with Crippen molar-refractivity contribution in [3.05, 3.63) is 70.4 Å². The van der Waals surface area contributed by atoms with Crippen molar-refractivity contribution < 1.29 is 8.78 Å². The number of hydrogen-bond acceptors (Lipinski definition) is 1. The van der Waals surface area contributed by atoms with Crippen molar-refractivity contribution >= 4 is 11.6 Å². The van der Waals surface area contributed by atoms with Gasteiger partial charge in [-0.1, -0.05) is 23.7 Å². The lowest BCUT2D eigenvalue weighted by Crippen LogP contribution is -1.95. The van der Waals surface area contributed by atoms with E-state index in [1.54, 1.807) is 12.3 Å². The molecule has 1 atom stereocenters. The first-order valence-corrected chi connectivity index (χ1v) is 5.97. The zero-order valence-corrected chi connectivity index (χ0v) is 10.1. The summed E-state index contributed by atoms with van der Waals surface area (Å²) < 4.78 is 27.2. The van der Waals surface area contributed by atoms with Gasteiger partial charge in [-0.15, -0.1) is 0 Å². The molecule has 0 aliphatic heterocycles. The Balaban J connectivity index is 1.93. The van der Waals surface area contributed by atoms with Gasteiger partial charge >= 0.3 is 0 Å². The van der Waals surface area contributed by atoms with Crippen LogP contribution < -0.4 is 0 Å². The van der Waals surface area contributed by atoms with Gasteiger partial charge in [-0.2, -0.15) is 0 Å². The van der Waals surface area contributed by atoms with Crippen LogP contribution in [0.25, 0.3) is 0 Å². The maximum atomic E-state index is 13.6. The number of nitrogens with zero attached hydrogens (tertiary/aromatic N) is 1. The highest BCUT2D eigenvalue weighted by molar-refractivity contribution is 6.30. The summed E-state index contributed by atoms with van der Waals surface area (Å²) in [4.78, 5) is 3.98. The molecule has 1 unspecified atom stereocenters. The molecule has 0 bridgehead atoms. The smallest absolute Gasteiger partial charge is 0.132 e. The second-order valence-electron chi connectivity index (χ2n) is 4.26. The van der Waals surface area contributed by atoms with Gasteiger partial charge in [0.1, 0.15) is 16.8 Å². The van der Waals surface area contributed by atoms with Crippen molar-refractivity contribution in [3.63, 3.8) is 0 Å². The van der Waals surface area contributed by atoms with Crippen molar-refractivity contribution in [3.8, 4) is 0 Å². The normalized spacial score (nSPS) is 18.9. The zero-order valence-electron chi connectivity index (χ0n) is 9.33. The minimum absolute atomic E-state index is 0.0161. The van der Waals surface area contributed by atoms with Crippen molar-refractivity contribution in [2.75, 3.05) is 0 Å². The molecule has 1 aliphatic carbocycles. The second kappa shape index (κ2) is 4.32. The molecule has 18 heavy (non-hydrogen) atoms. The summed E-state index contributed by atoms with van der Waals surface area (Å²) in [5.74, 6) is -0.307. The van der Waals surface area contributed by atoms with Gasteiger partial charge in [-0.3, -0.25) is 0 Å². The predicted octanol–water partition coefficient (Wildman–Crippen LogP) is 4.12. The van der Waals surface area contributed by atoms with Gasteiger partial charge in [-0.25, -0.2) is 13.8 Å². The Morgan fingerprint density at radius 3 is 2.50 bits per heavy atom. The molecule has 1 radical (unpaired) electrons. The van der Waals surface area contributed by atoms with Crippen molar-refractivity contribution in [2.45, 2.75) is 12.3 Å². The lowest BCUT2D eigenvalue weighted by Gasteiger charge is -2.04. The van der Waals surface area contributed by atoms with Crippen molar-refractivity contribution in [1.29, 1.82) is 0 Å². The van der Waals surface area contributed by atoms with Gasteiger partial charge in [0, 0.05) is 17.7 Å². The molecule has 0 amide bonds. The highest BCUT2D eigenvalue weighted by atomic mass is 35.5. The van der Waals surface area contributed by atoms with E-state index in [1.165, 1.54) is 18.2 Å². The topological polar surface area (TPSA) is 12.9 Å². The van der Waals surface area contributed by atoms with E-state index < -0.39 is 11.6 Å². The highest BCUT2D eigenvalue weighted by Gasteiger charge is 2.44. The minimum atomic E-state index is -0.521. The number of rotatable bonds is 2. The van der Waals surface area contributed by atoms with E-state index in [9.17, 15) is 8.78 Å². The fraction of sp³-hybridized carbons (Fsp3) is 0.143. The van der Waals surface area contributed by atoms with E-state index in [0.717, 1.165) is 11.5 Å². The molecule has 0 spiro atoms. The molecule has 3 rings (SSSR count). The van der Waals surface area contributed by atoms with Gasteiger partial charge in [0.05, 0.1) is 0 Å². The number of hydrogen-bond donors (Lipinski definition) is 0. The predicted molar refractivity (Wildman–Crippen MR) is 65.3 cm³/mol. The molecular weight excluding hydrogens is 256 g/mol. The summed E-state index contributed by atoms with van der Waals surface area (Å²) >= 11 is 5.98. The lowest BCUT2D eigenvalue weighted by atomic mass is 10.0. The summed E-state index contributed by atoms with van der Waals surface area (Å²) in [5, 5.41) is 0.397. The van der Waals surface area contributed by atoms with Crippen LogP contribution in [-0.2, 0) is 0 Å². The van der Waals surface area contributed by atoms with Crippen LogP contribution in [0.5, 0.6) is 0 Å². The van der Waals surface area contributed by atoms with E-state index >= 15 is 0 Å². The van der Waals surface area contributed by atoms with Crippen LogP contribution in [0.1, 0.15) is 23.5 Å². The van der Waals surface area contributed by atoms with Gasteiger partial charge in [0.15, 0.2) is 0 Å². The van der Waals surface area contributed by atoms with Crippen molar-refractivity contribution in [2.24, 2.45) is 0 Å². The van der Waals surface area contributed by atoms with Crippen LogP contribution in [0.2, 0.25) is 5.15 Å². The van der Waals surface area contributed by atoms with Crippen LogP contribution >= 0.6 is 11.6 Å². The molecule has 1 nitrogen and oxygen atoms in total. The monoisotopic (exact) mass is 264 g/mol. The fourth-order valence-electron chi connectivity index (χ4n) is 2.20. The molecule has 1 heterocycles. The number of halogens is 3. The lowest BCUT2D eigenvalue weighted by molar-refractivity contribution is 0.569.